The smallest absolute Gasteiger partial charge is 0.356 e. The standard InChI is InChI=1S/C10H17N3O2/c1-3-8-7-9(10(14)15-4-2)13(12-8)6-5-11/h7H,3-6,11H2,1-2H3. The van der Waals surface area contributed by atoms with Crippen LogP contribution < -0.4 is 5.73 Å². The Balaban J connectivity index is 2.92. The van der Waals surface area contributed by atoms with Crippen LogP contribution in [-0.2, 0) is 17.7 Å². The van der Waals surface area contributed by atoms with Crippen LogP contribution in [0.3, 0.4) is 0 Å². The Kier molecular flexibility index (Phi) is 4.30. The molecule has 0 fully saturated rings. The average molecular weight is 211 g/mol. The lowest BCUT2D eigenvalue weighted by Crippen LogP contribution is -2.17. The van der Waals surface area contributed by atoms with Gasteiger partial charge in [0.1, 0.15) is 5.69 Å². The van der Waals surface area contributed by atoms with Crippen molar-refractivity contribution in [1.82, 2.24) is 9.78 Å². The maximum atomic E-state index is 11.5. The highest BCUT2D eigenvalue weighted by molar-refractivity contribution is 5.87. The van der Waals surface area contributed by atoms with E-state index < -0.39 is 0 Å². The maximum absolute atomic E-state index is 11.5. The van der Waals surface area contributed by atoms with E-state index in [1.165, 1.54) is 0 Å². The summed E-state index contributed by atoms with van der Waals surface area (Å²) in [5.74, 6) is -0.335. The number of carbonyl (C=O) groups excluding carboxylic acids is 1. The van der Waals surface area contributed by atoms with Crippen LogP contribution >= 0.6 is 0 Å². The summed E-state index contributed by atoms with van der Waals surface area (Å²) in [5.41, 5.74) is 6.81. The van der Waals surface area contributed by atoms with Crippen LogP contribution in [0, 0.1) is 0 Å². The van der Waals surface area contributed by atoms with Gasteiger partial charge in [-0.25, -0.2) is 4.79 Å². The average Bonchev–Trinajstić information content (AvgIpc) is 2.62. The van der Waals surface area contributed by atoms with Crippen molar-refractivity contribution in [3.8, 4) is 0 Å². The number of nitrogens with two attached hydrogens (primary N) is 1. The molecule has 0 radical (unpaired) electrons. The van der Waals surface area contributed by atoms with E-state index in [4.69, 9.17) is 10.5 Å². The third-order valence-corrected chi connectivity index (χ3v) is 2.02. The van der Waals surface area contributed by atoms with Crippen molar-refractivity contribution in [2.45, 2.75) is 26.8 Å². The van der Waals surface area contributed by atoms with Crippen LogP contribution in [0.2, 0.25) is 0 Å². The van der Waals surface area contributed by atoms with Gasteiger partial charge in [-0.3, -0.25) is 4.68 Å². The Labute approximate surface area is 89.2 Å². The molecule has 0 aliphatic carbocycles. The van der Waals surface area contributed by atoms with Gasteiger partial charge < -0.3 is 10.5 Å². The normalized spacial score (nSPS) is 10.3. The molecule has 1 aromatic rings. The van der Waals surface area contributed by atoms with E-state index in [-0.39, 0.29) is 5.97 Å². The maximum Gasteiger partial charge on any atom is 0.356 e. The first kappa shape index (κ1) is 11.7. The van der Waals surface area contributed by atoms with E-state index in [1.807, 2.05) is 6.92 Å². The van der Waals surface area contributed by atoms with Crippen LogP contribution in [0.15, 0.2) is 6.07 Å². The van der Waals surface area contributed by atoms with E-state index in [0.717, 1.165) is 12.1 Å². The van der Waals surface area contributed by atoms with E-state index in [0.29, 0.717) is 25.4 Å². The van der Waals surface area contributed by atoms with Gasteiger partial charge in [0.05, 0.1) is 18.8 Å². The van der Waals surface area contributed by atoms with Crippen LogP contribution in [0.25, 0.3) is 0 Å². The van der Waals surface area contributed by atoms with E-state index in [9.17, 15) is 4.79 Å². The molecule has 15 heavy (non-hydrogen) atoms. The minimum atomic E-state index is -0.335. The Bertz CT molecular complexity index is 333. The number of nitrogens with zero attached hydrogens (tertiary/aromatic N) is 2. The molecule has 0 spiro atoms. The van der Waals surface area contributed by atoms with Gasteiger partial charge in [0.25, 0.3) is 0 Å². The molecule has 0 amide bonds. The predicted octanol–water partition coefficient (Wildman–Crippen LogP) is 0.581. The van der Waals surface area contributed by atoms with E-state index >= 15 is 0 Å². The molecule has 0 saturated carbocycles. The lowest BCUT2D eigenvalue weighted by molar-refractivity contribution is 0.0512. The molecule has 1 rings (SSSR count). The molecular weight excluding hydrogens is 194 g/mol. The molecule has 1 aromatic heterocycles. The van der Waals surface area contributed by atoms with Gasteiger partial charge in [-0.15, -0.1) is 0 Å². The Morgan fingerprint density at radius 1 is 1.60 bits per heavy atom. The molecule has 5 heteroatoms. The topological polar surface area (TPSA) is 70.1 Å². The third kappa shape index (κ3) is 2.79. The summed E-state index contributed by atoms with van der Waals surface area (Å²) in [6.45, 7) is 5.13. The highest BCUT2D eigenvalue weighted by Gasteiger charge is 2.14. The summed E-state index contributed by atoms with van der Waals surface area (Å²) in [6, 6.07) is 1.76. The van der Waals surface area contributed by atoms with Gasteiger partial charge in [0, 0.05) is 6.54 Å². The molecule has 0 saturated heterocycles. The van der Waals surface area contributed by atoms with Crippen molar-refractivity contribution in [1.29, 1.82) is 0 Å². The van der Waals surface area contributed by atoms with E-state index in [1.54, 1.807) is 17.7 Å². The molecule has 84 valence electrons. The lowest BCUT2D eigenvalue weighted by atomic mass is 10.3. The quantitative estimate of drug-likeness (QED) is 0.723. The van der Waals surface area contributed by atoms with Gasteiger partial charge in [-0.2, -0.15) is 5.10 Å². The number of aryl methyl sites for hydroxylation is 1. The van der Waals surface area contributed by atoms with Gasteiger partial charge in [-0.1, -0.05) is 6.92 Å². The fraction of sp³-hybridized carbons (Fsp3) is 0.600. The molecule has 2 N–H and O–H groups in total. The van der Waals surface area contributed by atoms with Gasteiger partial charge in [0.15, 0.2) is 0 Å². The fourth-order valence-corrected chi connectivity index (χ4v) is 1.30. The zero-order valence-corrected chi connectivity index (χ0v) is 9.19. The van der Waals surface area contributed by atoms with Crippen LogP contribution in [-0.4, -0.2) is 28.9 Å². The summed E-state index contributed by atoms with van der Waals surface area (Å²) in [6.07, 6.45) is 0.796. The minimum absolute atomic E-state index is 0.335. The summed E-state index contributed by atoms with van der Waals surface area (Å²) in [4.78, 5) is 11.5. The zero-order chi connectivity index (χ0) is 11.3. The van der Waals surface area contributed by atoms with Crippen molar-refractivity contribution < 1.29 is 9.53 Å². The second kappa shape index (κ2) is 5.50. The zero-order valence-electron chi connectivity index (χ0n) is 9.19. The molecule has 0 aromatic carbocycles. The molecule has 0 bridgehead atoms. The summed E-state index contributed by atoms with van der Waals surface area (Å²) in [5, 5.41) is 4.26. The van der Waals surface area contributed by atoms with Crippen molar-refractivity contribution in [2.24, 2.45) is 5.73 Å². The minimum Gasteiger partial charge on any atom is -0.461 e. The number of esters is 1. The van der Waals surface area contributed by atoms with Gasteiger partial charge in [-0.05, 0) is 19.4 Å². The van der Waals surface area contributed by atoms with Crippen LogP contribution in [0.1, 0.15) is 30.0 Å². The van der Waals surface area contributed by atoms with Crippen molar-refractivity contribution in [2.75, 3.05) is 13.2 Å². The van der Waals surface area contributed by atoms with Crippen molar-refractivity contribution in [3.63, 3.8) is 0 Å². The summed E-state index contributed by atoms with van der Waals surface area (Å²) >= 11 is 0. The molecule has 0 aliphatic heterocycles. The Hall–Kier alpha value is -1.36. The first-order valence-electron chi connectivity index (χ1n) is 5.16. The number of rotatable bonds is 5. The first-order chi connectivity index (χ1) is 7.22. The second-order valence-electron chi connectivity index (χ2n) is 3.11. The van der Waals surface area contributed by atoms with Gasteiger partial charge in [0.2, 0.25) is 0 Å². The predicted molar refractivity (Wildman–Crippen MR) is 56.6 cm³/mol. The lowest BCUT2D eigenvalue weighted by Gasteiger charge is -2.04. The second-order valence-corrected chi connectivity index (χ2v) is 3.11. The highest BCUT2D eigenvalue weighted by atomic mass is 16.5. The molecule has 0 aliphatic rings. The van der Waals surface area contributed by atoms with Gasteiger partial charge >= 0.3 is 5.97 Å². The molecule has 1 heterocycles. The molecular formula is C10H17N3O2. The van der Waals surface area contributed by atoms with Crippen molar-refractivity contribution in [3.05, 3.63) is 17.5 Å². The first-order valence-corrected chi connectivity index (χ1v) is 5.16. The fourth-order valence-electron chi connectivity index (χ4n) is 1.30. The number of aromatic nitrogens is 2. The number of carbonyl (C=O) groups is 1. The van der Waals surface area contributed by atoms with E-state index in [2.05, 4.69) is 5.10 Å². The number of ether oxygens (including phenoxy) is 1. The molecule has 0 unspecified atom stereocenters. The SMILES string of the molecule is CCOC(=O)c1cc(CC)nn1CCN. The van der Waals surface area contributed by atoms with Crippen molar-refractivity contribution >= 4 is 5.97 Å². The Morgan fingerprint density at radius 3 is 2.87 bits per heavy atom. The Morgan fingerprint density at radius 2 is 2.33 bits per heavy atom. The highest BCUT2D eigenvalue weighted by Crippen LogP contribution is 2.07. The molecule has 0 atom stereocenters. The molecule has 5 nitrogen and oxygen atoms in total. The number of hydrogen-bond donors (Lipinski definition) is 1. The monoisotopic (exact) mass is 211 g/mol. The van der Waals surface area contributed by atoms with Crippen LogP contribution in [0.5, 0.6) is 0 Å². The van der Waals surface area contributed by atoms with Crippen LogP contribution in [0.4, 0.5) is 0 Å². The third-order valence-electron chi connectivity index (χ3n) is 2.02. The largest absolute Gasteiger partial charge is 0.461 e. The summed E-state index contributed by atoms with van der Waals surface area (Å²) < 4.78 is 6.54. The number of hydrogen-bond acceptors (Lipinski definition) is 4. The summed E-state index contributed by atoms with van der Waals surface area (Å²) in [7, 11) is 0.